The number of carbonyl (C=O) groups excluding carboxylic acids is 1. The van der Waals surface area contributed by atoms with E-state index < -0.39 is 7.14 Å². The fourth-order valence-electron chi connectivity index (χ4n) is 2.47. The van der Waals surface area contributed by atoms with Crippen LogP contribution in [0.5, 0.6) is 11.5 Å². The highest BCUT2D eigenvalue weighted by molar-refractivity contribution is 7.61. The Balaban J connectivity index is 2.10. The molecular weight excluding hydrogens is 337 g/mol. The number of rotatable bonds is 6. The number of nitrogens with one attached hydrogen (secondary N) is 1. The van der Waals surface area contributed by atoms with E-state index in [4.69, 9.17) is 4.74 Å². The smallest absolute Gasteiger partial charge is 0.251 e. The summed E-state index contributed by atoms with van der Waals surface area (Å²) in [6, 6.07) is 10.9. The van der Waals surface area contributed by atoms with Crippen molar-refractivity contribution in [1.82, 2.24) is 5.32 Å². The van der Waals surface area contributed by atoms with Crippen LogP contribution >= 0.6 is 7.14 Å². The average Bonchev–Trinajstić information content (AvgIpc) is 2.55. The van der Waals surface area contributed by atoms with E-state index >= 15 is 0 Å². The molecule has 6 heteroatoms. The summed E-state index contributed by atoms with van der Waals surface area (Å²) in [7, 11) is -0.550. The van der Waals surface area contributed by atoms with Crippen molar-refractivity contribution in [2.24, 2.45) is 0 Å². The van der Waals surface area contributed by atoms with Gasteiger partial charge in [-0.25, -0.2) is 0 Å². The molecule has 0 spiro atoms. The number of phenols is 1. The normalized spacial score (nSPS) is 11.2. The van der Waals surface area contributed by atoms with Gasteiger partial charge in [-0.3, -0.25) is 4.79 Å². The molecule has 0 atom stereocenters. The Morgan fingerprint density at radius 1 is 1.16 bits per heavy atom. The largest absolute Gasteiger partial charge is 0.508 e. The van der Waals surface area contributed by atoms with E-state index in [1.54, 1.807) is 33.4 Å². The predicted molar refractivity (Wildman–Crippen MR) is 100 cm³/mol. The second kappa shape index (κ2) is 7.75. The highest BCUT2D eigenvalue weighted by Crippen LogP contribution is 2.40. The van der Waals surface area contributed by atoms with Crippen molar-refractivity contribution >= 4 is 13.0 Å². The van der Waals surface area contributed by atoms with E-state index in [1.165, 1.54) is 6.07 Å². The van der Waals surface area contributed by atoms with Gasteiger partial charge in [0.2, 0.25) is 0 Å². The third kappa shape index (κ3) is 5.36. The summed E-state index contributed by atoms with van der Waals surface area (Å²) in [5.41, 5.74) is 2.88. The molecule has 0 unspecified atom stereocenters. The van der Waals surface area contributed by atoms with E-state index in [2.05, 4.69) is 5.32 Å². The molecule has 0 aliphatic rings. The Morgan fingerprint density at radius 3 is 2.32 bits per heavy atom. The lowest BCUT2D eigenvalue weighted by atomic mass is 10.1. The zero-order chi connectivity index (χ0) is 18.6. The standard InChI is InChI=1S/C19H24NO4P/c1-13-17(19(22)20-2)9-16(10-18(13)21)24-11-14-5-7-15(8-6-14)12-25(3,4)23/h5-10,21H,11-12H2,1-4H3,(H,20,22). The quantitative estimate of drug-likeness (QED) is 0.768. The molecule has 2 N–H and O–H groups in total. The van der Waals surface area contributed by atoms with Gasteiger partial charge in [0.15, 0.2) is 0 Å². The maximum absolute atomic E-state index is 11.9. The lowest BCUT2D eigenvalue weighted by Crippen LogP contribution is -2.19. The molecule has 0 aliphatic heterocycles. The van der Waals surface area contributed by atoms with Crippen LogP contribution in [0.4, 0.5) is 0 Å². The van der Waals surface area contributed by atoms with E-state index in [9.17, 15) is 14.5 Å². The minimum absolute atomic E-state index is 0.0214. The molecule has 0 saturated carbocycles. The fourth-order valence-corrected chi connectivity index (χ4v) is 3.56. The van der Waals surface area contributed by atoms with Gasteiger partial charge in [0.1, 0.15) is 18.1 Å². The van der Waals surface area contributed by atoms with Gasteiger partial charge in [0.25, 0.3) is 5.91 Å². The molecule has 1 amide bonds. The fraction of sp³-hybridized carbons (Fsp3) is 0.316. The second-order valence-electron chi connectivity index (χ2n) is 6.53. The van der Waals surface area contributed by atoms with Gasteiger partial charge < -0.3 is 19.7 Å². The molecule has 0 radical (unpaired) electrons. The molecule has 0 saturated heterocycles. The van der Waals surface area contributed by atoms with Gasteiger partial charge in [-0.1, -0.05) is 24.3 Å². The zero-order valence-corrected chi connectivity index (χ0v) is 15.9. The number of hydrogen-bond donors (Lipinski definition) is 2. The van der Waals surface area contributed by atoms with E-state index in [-0.39, 0.29) is 11.7 Å². The van der Waals surface area contributed by atoms with E-state index in [1.807, 2.05) is 24.3 Å². The Hall–Kier alpha value is -2.26. The first kappa shape index (κ1) is 19.1. The molecule has 0 heterocycles. The van der Waals surface area contributed by atoms with E-state index in [0.29, 0.717) is 29.6 Å². The number of aromatic hydroxyl groups is 1. The molecular formula is C19H24NO4P. The minimum atomic E-state index is -2.09. The van der Waals surface area contributed by atoms with Gasteiger partial charge in [0, 0.05) is 30.4 Å². The molecule has 134 valence electrons. The van der Waals surface area contributed by atoms with Crippen LogP contribution in [0.25, 0.3) is 0 Å². The summed E-state index contributed by atoms with van der Waals surface area (Å²) in [5, 5.41) is 12.5. The van der Waals surface area contributed by atoms with Gasteiger partial charge in [-0.15, -0.1) is 0 Å². The van der Waals surface area contributed by atoms with Crippen molar-refractivity contribution in [3.05, 3.63) is 58.7 Å². The number of ether oxygens (including phenoxy) is 1. The predicted octanol–water partition coefficient (Wildman–Crippen LogP) is 3.76. The Morgan fingerprint density at radius 2 is 1.76 bits per heavy atom. The van der Waals surface area contributed by atoms with Crippen molar-refractivity contribution in [3.63, 3.8) is 0 Å². The average molecular weight is 361 g/mol. The van der Waals surface area contributed by atoms with Crippen LogP contribution in [0.15, 0.2) is 36.4 Å². The maximum atomic E-state index is 11.9. The van der Waals surface area contributed by atoms with Crippen molar-refractivity contribution in [2.75, 3.05) is 20.4 Å². The molecule has 0 bridgehead atoms. The molecule has 0 aromatic heterocycles. The summed E-state index contributed by atoms with van der Waals surface area (Å²) < 4.78 is 17.6. The van der Waals surface area contributed by atoms with Crippen molar-refractivity contribution in [3.8, 4) is 11.5 Å². The van der Waals surface area contributed by atoms with Crippen molar-refractivity contribution < 1.29 is 19.2 Å². The van der Waals surface area contributed by atoms with Gasteiger partial charge >= 0.3 is 0 Å². The maximum Gasteiger partial charge on any atom is 0.251 e. The molecule has 2 aromatic rings. The lowest BCUT2D eigenvalue weighted by Gasteiger charge is -2.12. The molecule has 0 aliphatic carbocycles. The first-order chi connectivity index (χ1) is 11.7. The summed E-state index contributed by atoms with van der Waals surface area (Å²) >= 11 is 0. The third-order valence-electron chi connectivity index (χ3n) is 3.82. The van der Waals surface area contributed by atoms with Gasteiger partial charge in [0.05, 0.1) is 7.14 Å². The van der Waals surface area contributed by atoms with E-state index in [0.717, 1.165) is 11.1 Å². The highest BCUT2D eigenvalue weighted by atomic mass is 31.2. The molecule has 5 nitrogen and oxygen atoms in total. The van der Waals surface area contributed by atoms with Crippen LogP contribution in [-0.4, -0.2) is 31.4 Å². The number of amides is 1. The third-order valence-corrected chi connectivity index (χ3v) is 4.94. The Bertz CT molecular complexity index is 809. The zero-order valence-electron chi connectivity index (χ0n) is 15.0. The molecule has 2 rings (SSSR count). The highest BCUT2D eigenvalue weighted by Gasteiger charge is 2.13. The van der Waals surface area contributed by atoms with Crippen LogP contribution in [-0.2, 0) is 17.3 Å². The summed E-state index contributed by atoms with van der Waals surface area (Å²) in [5.74, 6) is 0.177. The van der Waals surface area contributed by atoms with Crippen LogP contribution in [0.2, 0.25) is 0 Å². The molecule has 0 fully saturated rings. The van der Waals surface area contributed by atoms with Crippen LogP contribution in [0, 0.1) is 6.92 Å². The summed E-state index contributed by atoms with van der Waals surface area (Å²) in [4.78, 5) is 11.9. The topological polar surface area (TPSA) is 75.6 Å². The van der Waals surface area contributed by atoms with Crippen molar-refractivity contribution in [2.45, 2.75) is 19.7 Å². The monoisotopic (exact) mass is 361 g/mol. The van der Waals surface area contributed by atoms with Crippen LogP contribution in [0.3, 0.4) is 0 Å². The minimum Gasteiger partial charge on any atom is -0.508 e. The van der Waals surface area contributed by atoms with Gasteiger partial charge in [-0.2, -0.15) is 0 Å². The number of phenolic OH excluding ortho intramolecular Hbond substituents is 1. The number of benzene rings is 2. The molecule has 25 heavy (non-hydrogen) atoms. The van der Waals surface area contributed by atoms with Crippen LogP contribution in [0.1, 0.15) is 27.0 Å². The lowest BCUT2D eigenvalue weighted by molar-refractivity contribution is 0.0961. The summed E-state index contributed by atoms with van der Waals surface area (Å²) in [6.07, 6.45) is 0.579. The number of carbonyl (C=O) groups is 1. The first-order valence-corrected chi connectivity index (χ1v) is 10.8. The summed E-state index contributed by atoms with van der Waals surface area (Å²) in [6.45, 7) is 5.55. The van der Waals surface area contributed by atoms with Crippen LogP contribution < -0.4 is 10.1 Å². The number of hydrogen-bond acceptors (Lipinski definition) is 4. The Labute approximate surface area is 148 Å². The second-order valence-corrected chi connectivity index (χ2v) is 10.00. The first-order valence-electron chi connectivity index (χ1n) is 8.00. The van der Waals surface area contributed by atoms with Gasteiger partial charge in [-0.05, 0) is 37.4 Å². The molecule has 2 aromatic carbocycles. The van der Waals surface area contributed by atoms with Crippen molar-refractivity contribution in [1.29, 1.82) is 0 Å². The Kier molecular flexibility index (Phi) is 5.91. The SMILES string of the molecule is CNC(=O)c1cc(OCc2ccc(CP(C)(C)=O)cc2)cc(O)c1C.